The monoisotopic (exact) mass is 468 g/mol. The molecule has 0 radical (unpaired) electrons. The predicted octanol–water partition coefficient (Wildman–Crippen LogP) is 5.38. The second-order valence-corrected chi connectivity index (χ2v) is 8.44. The molecule has 0 aliphatic carbocycles. The number of carbonyl (C=O) groups is 1. The summed E-state index contributed by atoms with van der Waals surface area (Å²) in [7, 11) is 0. The average molecular weight is 469 g/mol. The second-order valence-electron chi connectivity index (χ2n) is 8.44. The van der Waals surface area contributed by atoms with Crippen molar-refractivity contribution in [3.05, 3.63) is 90.3 Å². The van der Waals surface area contributed by atoms with Crippen LogP contribution in [0.25, 0.3) is 11.4 Å². The summed E-state index contributed by atoms with van der Waals surface area (Å²) in [5, 5.41) is 11.8. The van der Waals surface area contributed by atoms with Gasteiger partial charge in [0.25, 0.3) is 5.91 Å². The minimum atomic E-state index is -0.234. The Labute approximate surface area is 204 Å². The van der Waals surface area contributed by atoms with Gasteiger partial charge in [0.05, 0.1) is 5.56 Å². The number of aromatic nitrogens is 3. The second kappa shape index (κ2) is 10.9. The molecule has 3 aromatic carbocycles. The first-order valence-electron chi connectivity index (χ1n) is 12.0. The van der Waals surface area contributed by atoms with Gasteiger partial charge in [-0.05, 0) is 49.2 Å². The highest BCUT2D eigenvalue weighted by atomic mass is 16.5. The van der Waals surface area contributed by atoms with Crippen molar-refractivity contribution in [1.82, 2.24) is 14.8 Å². The summed E-state index contributed by atoms with van der Waals surface area (Å²) < 4.78 is 13.8. The number of aryl methyl sites for hydroxylation is 1. The smallest absolute Gasteiger partial charge is 0.259 e. The van der Waals surface area contributed by atoms with E-state index in [9.17, 15) is 4.79 Å². The van der Waals surface area contributed by atoms with Crippen molar-refractivity contribution in [3.8, 4) is 22.9 Å². The molecule has 35 heavy (non-hydrogen) atoms. The summed E-state index contributed by atoms with van der Waals surface area (Å²) in [6, 6.07) is 24.5. The Kier molecular flexibility index (Phi) is 7.03. The molecule has 7 nitrogen and oxygen atoms in total. The summed E-state index contributed by atoms with van der Waals surface area (Å²) in [6.07, 6.45) is 4.44. The number of nitrogens with zero attached hydrogens (tertiary/aromatic N) is 3. The topological polar surface area (TPSA) is 78.3 Å². The largest absolute Gasteiger partial charge is 0.490 e. The molecule has 0 spiro atoms. The first-order chi connectivity index (χ1) is 17.3. The number of anilines is 1. The fraction of sp³-hybridized carbons (Fsp3) is 0.250. The lowest BCUT2D eigenvalue weighted by Gasteiger charge is -2.13. The quantitative estimate of drug-likeness (QED) is 0.351. The van der Waals surface area contributed by atoms with Crippen LogP contribution in [0.2, 0.25) is 0 Å². The van der Waals surface area contributed by atoms with Crippen molar-refractivity contribution >= 4 is 11.6 Å². The number of carbonyl (C=O) groups excluding carboxylic acids is 1. The normalized spacial score (nSPS) is 12.9. The van der Waals surface area contributed by atoms with Crippen LogP contribution < -0.4 is 14.8 Å². The van der Waals surface area contributed by atoms with E-state index in [0.717, 1.165) is 48.8 Å². The van der Waals surface area contributed by atoms with Crippen molar-refractivity contribution in [2.45, 2.75) is 32.2 Å². The van der Waals surface area contributed by atoms with E-state index in [-0.39, 0.29) is 5.91 Å². The van der Waals surface area contributed by atoms with Gasteiger partial charge in [0.15, 0.2) is 5.82 Å². The number of benzene rings is 3. The average Bonchev–Trinajstić information content (AvgIpc) is 3.15. The number of para-hydroxylation sites is 2. The number of hydrogen-bond donors (Lipinski definition) is 1. The fourth-order valence-electron chi connectivity index (χ4n) is 4.24. The zero-order valence-corrected chi connectivity index (χ0v) is 19.5. The highest BCUT2D eigenvalue weighted by Gasteiger charge is 2.17. The summed E-state index contributed by atoms with van der Waals surface area (Å²) in [6.45, 7) is 1.63. The molecule has 2 heterocycles. The molecule has 7 heteroatoms. The molecule has 0 unspecified atom stereocenters. The van der Waals surface area contributed by atoms with E-state index < -0.39 is 0 Å². The Bertz CT molecular complexity index is 1290. The van der Waals surface area contributed by atoms with E-state index in [2.05, 4.69) is 20.1 Å². The van der Waals surface area contributed by atoms with Crippen LogP contribution >= 0.6 is 0 Å². The lowest BCUT2D eigenvalue weighted by Crippen LogP contribution is -2.15. The first kappa shape index (κ1) is 22.7. The molecule has 1 aliphatic rings. The highest BCUT2D eigenvalue weighted by molar-refractivity contribution is 6.06. The predicted molar refractivity (Wildman–Crippen MR) is 135 cm³/mol. The Morgan fingerprint density at radius 2 is 1.69 bits per heavy atom. The first-order valence-corrected chi connectivity index (χ1v) is 12.0. The molecule has 0 saturated heterocycles. The lowest BCUT2D eigenvalue weighted by molar-refractivity contribution is 0.102. The maximum Gasteiger partial charge on any atom is 0.259 e. The van der Waals surface area contributed by atoms with Crippen LogP contribution in [0.15, 0.2) is 78.9 Å². The summed E-state index contributed by atoms with van der Waals surface area (Å²) in [5.74, 6) is 2.95. The standard InChI is InChI=1S/C28H28N4O3/c33-28(24-14-6-7-15-25(24)35-19-18-34-23-12-3-1-4-13-23)29-22-11-9-10-21(20-22)27-31-30-26-16-5-2-8-17-32(26)27/h1,3-4,6-7,9-15,20H,2,5,8,16-19H2,(H,29,33). The van der Waals surface area contributed by atoms with Crippen molar-refractivity contribution in [1.29, 1.82) is 0 Å². The van der Waals surface area contributed by atoms with Crippen LogP contribution in [0.1, 0.15) is 35.4 Å². The van der Waals surface area contributed by atoms with Gasteiger partial charge in [0, 0.05) is 24.2 Å². The highest BCUT2D eigenvalue weighted by Crippen LogP contribution is 2.26. The van der Waals surface area contributed by atoms with Crippen molar-refractivity contribution in [2.75, 3.05) is 18.5 Å². The Hall–Kier alpha value is -4.13. The summed E-state index contributed by atoms with van der Waals surface area (Å²) >= 11 is 0. The van der Waals surface area contributed by atoms with Crippen LogP contribution in [0.4, 0.5) is 5.69 Å². The number of nitrogens with one attached hydrogen (secondary N) is 1. The molecule has 1 amide bonds. The van der Waals surface area contributed by atoms with Crippen molar-refractivity contribution in [3.63, 3.8) is 0 Å². The molecule has 0 fully saturated rings. The maximum absolute atomic E-state index is 13.1. The minimum absolute atomic E-state index is 0.234. The molecule has 0 atom stereocenters. The zero-order valence-electron chi connectivity index (χ0n) is 19.5. The van der Waals surface area contributed by atoms with Gasteiger partial charge in [-0.3, -0.25) is 4.79 Å². The fourth-order valence-corrected chi connectivity index (χ4v) is 4.24. The maximum atomic E-state index is 13.1. The van der Waals surface area contributed by atoms with Gasteiger partial charge in [0.2, 0.25) is 0 Å². The zero-order chi connectivity index (χ0) is 23.9. The number of ether oxygens (including phenoxy) is 2. The Balaban J connectivity index is 1.25. The van der Waals surface area contributed by atoms with Crippen LogP contribution in [-0.2, 0) is 13.0 Å². The molecule has 0 saturated carbocycles. The SMILES string of the molecule is O=C(Nc1cccc(-c2nnc3n2CCCCC3)c1)c1ccccc1OCCOc1ccccc1. The molecule has 5 rings (SSSR count). The van der Waals surface area contributed by atoms with Gasteiger partial charge in [-0.25, -0.2) is 0 Å². The van der Waals surface area contributed by atoms with Crippen LogP contribution in [0.5, 0.6) is 11.5 Å². The molecule has 1 aromatic heterocycles. The van der Waals surface area contributed by atoms with Gasteiger partial charge >= 0.3 is 0 Å². The van der Waals surface area contributed by atoms with E-state index in [1.54, 1.807) is 12.1 Å². The third-order valence-corrected chi connectivity index (χ3v) is 5.97. The molecular formula is C28H28N4O3. The number of amides is 1. The van der Waals surface area contributed by atoms with Gasteiger partial charge < -0.3 is 19.4 Å². The van der Waals surface area contributed by atoms with Gasteiger partial charge in [-0.15, -0.1) is 10.2 Å². The van der Waals surface area contributed by atoms with E-state index in [0.29, 0.717) is 30.2 Å². The Morgan fingerprint density at radius 3 is 2.60 bits per heavy atom. The van der Waals surface area contributed by atoms with Crippen LogP contribution in [0.3, 0.4) is 0 Å². The van der Waals surface area contributed by atoms with Crippen molar-refractivity contribution < 1.29 is 14.3 Å². The van der Waals surface area contributed by atoms with E-state index >= 15 is 0 Å². The van der Waals surface area contributed by atoms with Gasteiger partial charge in [-0.1, -0.05) is 48.9 Å². The minimum Gasteiger partial charge on any atom is -0.490 e. The number of fused-ring (bicyclic) bond motifs is 1. The van der Waals surface area contributed by atoms with Crippen molar-refractivity contribution in [2.24, 2.45) is 0 Å². The summed E-state index contributed by atoms with van der Waals surface area (Å²) in [4.78, 5) is 13.1. The van der Waals surface area contributed by atoms with Crippen LogP contribution in [0, 0.1) is 0 Å². The van der Waals surface area contributed by atoms with E-state index in [4.69, 9.17) is 9.47 Å². The molecule has 178 valence electrons. The Morgan fingerprint density at radius 1 is 0.857 bits per heavy atom. The van der Waals surface area contributed by atoms with E-state index in [1.807, 2.05) is 66.7 Å². The molecule has 1 aliphatic heterocycles. The molecular weight excluding hydrogens is 440 g/mol. The number of hydrogen-bond acceptors (Lipinski definition) is 5. The molecule has 0 bridgehead atoms. The summed E-state index contributed by atoms with van der Waals surface area (Å²) in [5.41, 5.74) is 2.10. The van der Waals surface area contributed by atoms with E-state index in [1.165, 1.54) is 6.42 Å². The third kappa shape index (κ3) is 5.51. The van der Waals surface area contributed by atoms with Crippen LogP contribution in [-0.4, -0.2) is 33.9 Å². The number of rotatable bonds is 8. The van der Waals surface area contributed by atoms with Gasteiger partial charge in [0.1, 0.15) is 30.5 Å². The lowest BCUT2D eigenvalue weighted by atomic mass is 10.1. The molecule has 1 N–H and O–H groups in total. The van der Waals surface area contributed by atoms with Gasteiger partial charge in [-0.2, -0.15) is 0 Å². The molecule has 4 aromatic rings. The third-order valence-electron chi connectivity index (χ3n) is 5.97.